The Balaban J connectivity index is 1.32. The maximum absolute atomic E-state index is 11.1. The lowest BCUT2D eigenvalue weighted by molar-refractivity contribution is -0.137. The second-order valence-corrected chi connectivity index (χ2v) is 9.37. The van der Waals surface area contributed by atoms with Crippen molar-refractivity contribution in [3.8, 4) is 5.75 Å². The Bertz CT molecular complexity index is 1010. The van der Waals surface area contributed by atoms with E-state index >= 15 is 0 Å². The zero-order valence-corrected chi connectivity index (χ0v) is 20.1. The van der Waals surface area contributed by atoms with Gasteiger partial charge in [-0.2, -0.15) is 0 Å². The van der Waals surface area contributed by atoms with Crippen LogP contribution in [-0.2, 0) is 17.6 Å². The number of hydrogen-bond donors (Lipinski definition) is 2. The highest BCUT2D eigenvalue weighted by Crippen LogP contribution is 2.37. The van der Waals surface area contributed by atoms with Gasteiger partial charge in [0.15, 0.2) is 0 Å². The fourth-order valence-corrected chi connectivity index (χ4v) is 5.18. The molecule has 1 aliphatic heterocycles. The number of carbonyl (C=O) groups is 1. The van der Waals surface area contributed by atoms with Gasteiger partial charge in [-0.1, -0.05) is 43.7 Å². The van der Waals surface area contributed by atoms with Crippen molar-refractivity contribution in [2.75, 3.05) is 13.7 Å². The summed E-state index contributed by atoms with van der Waals surface area (Å²) in [5.41, 5.74) is 7.57. The van der Waals surface area contributed by atoms with Gasteiger partial charge in [-0.05, 0) is 72.9 Å². The van der Waals surface area contributed by atoms with E-state index in [1.54, 1.807) is 0 Å². The van der Waals surface area contributed by atoms with Crippen molar-refractivity contribution in [3.05, 3.63) is 76.1 Å². The smallest absolute Gasteiger partial charge is 0.303 e. The maximum atomic E-state index is 11.1. The number of nitrogens with zero attached hydrogens (tertiary/aromatic N) is 1. The van der Waals surface area contributed by atoms with E-state index in [1.807, 2.05) is 6.07 Å². The van der Waals surface area contributed by atoms with Crippen LogP contribution in [0.15, 0.2) is 53.9 Å². The highest BCUT2D eigenvalue weighted by atomic mass is 16.5. The molecule has 0 aromatic heterocycles. The summed E-state index contributed by atoms with van der Waals surface area (Å²) in [6.45, 7) is 4.98. The normalized spacial score (nSPS) is 19.5. The number of fused-ring (bicyclic) bond motifs is 1. The van der Waals surface area contributed by atoms with Gasteiger partial charge in [0.05, 0.1) is 13.0 Å². The Labute approximate surface area is 197 Å². The summed E-state index contributed by atoms with van der Waals surface area (Å²) >= 11 is 0. The minimum atomic E-state index is -0.725. The van der Waals surface area contributed by atoms with Crippen LogP contribution < -0.4 is 10.1 Å². The van der Waals surface area contributed by atoms with Crippen molar-refractivity contribution in [1.82, 2.24) is 10.2 Å². The molecule has 0 fully saturated rings. The minimum Gasteiger partial charge on any atom is -0.493 e. The van der Waals surface area contributed by atoms with E-state index in [0.717, 1.165) is 31.4 Å². The molecular formula is C28H36N2O3. The molecule has 0 saturated carbocycles. The first-order valence-corrected chi connectivity index (χ1v) is 12.2. The molecule has 0 spiro atoms. The molecule has 5 nitrogen and oxygen atoms in total. The first-order valence-electron chi connectivity index (χ1n) is 12.2. The van der Waals surface area contributed by atoms with Crippen molar-refractivity contribution in [2.45, 2.75) is 70.9 Å². The molecule has 1 unspecified atom stereocenters. The summed E-state index contributed by atoms with van der Waals surface area (Å²) < 4.78 is 6.10. The van der Waals surface area contributed by atoms with Crippen molar-refractivity contribution >= 4 is 5.97 Å². The van der Waals surface area contributed by atoms with Crippen LogP contribution in [0.2, 0.25) is 0 Å². The molecule has 2 atom stereocenters. The number of rotatable bonds is 10. The van der Waals surface area contributed by atoms with Crippen LogP contribution in [0.3, 0.4) is 0 Å². The Morgan fingerprint density at radius 2 is 1.97 bits per heavy atom. The van der Waals surface area contributed by atoms with E-state index in [0.29, 0.717) is 6.61 Å². The quantitative estimate of drug-likeness (QED) is 0.483. The lowest BCUT2D eigenvalue weighted by atomic mass is 9.98. The molecule has 2 aliphatic rings. The zero-order valence-electron chi connectivity index (χ0n) is 20.1. The number of aryl methyl sites for hydroxylation is 2. The number of benzene rings is 2. The highest BCUT2D eigenvalue weighted by Gasteiger charge is 2.28. The number of carboxylic acids is 1. The summed E-state index contributed by atoms with van der Waals surface area (Å²) in [5.74, 6) is 0.280. The van der Waals surface area contributed by atoms with Crippen LogP contribution in [0.1, 0.15) is 80.3 Å². The van der Waals surface area contributed by atoms with Gasteiger partial charge < -0.3 is 20.1 Å². The van der Waals surface area contributed by atoms with Crippen LogP contribution in [-0.4, -0.2) is 29.6 Å². The van der Waals surface area contributed by atoms with Crippen LogP contribution in [0, 0.1) is 0 Å². The topological polar surface area (TPSA) is 61.8 Å². The number of hydrogen-bond acceptors (Lipinski definition) is 4. The van der Waals surface area contributed by atoms with Gasteiger partial charge in [-0.15, -0.1) is 0 Å². The fraction of sp³-hybridized carbons (Fsp3) is 0.464. The fourth-order valence-electron chi connectivity index (χ4n) is 5.18. The minimum absolute atomic E-state index is 0.134. The lowest BCUT2D eigenvalue weighted by Crippen LogP contribution is -2.26. The van der Waals surface area contributed by atoms with Crippen LogP contribution in [0.4, 0.5) is 0 Å². The van der Waals surface area contributed by atoms with Gasteiger partial charge in [0.25, 0.3) is 0 Å². The molecule has 0 amide bonds. The van der Waals surface area contributed by atoms with E-state index in [9.17, 15) is 4.79 Å². The van der Waals surface area contributed by atoms with E-state index in [4.69, 9.17) is 9.84 Å². The van der Waals surface area contributed by atoms with Crippen LogP contribution in [0.5, 0.6) is 5.75 Å². The molecule has 0 bridgehead atoms. The summed E-state index contributed by atoms with van der Waals surface area (Å²) in [7, 11) is 2.15. The Morgan fingerprint density at radius 3 is 2.70 bits per heavy atom. The third-order valence-corrected chi connectivity index (χ3v) is 7.06. The number of allylic oxidation sites excluding steroid dienone is 1. The highest BCUT2D eigenvalue weighted by molar-refractivity contribution is 5.68. The van der Waals surface area contributed by atoms with E-state index < -0.39 is 5.97 Å². The van der Waals surface area contributed by atoms with Crippen molar-refractivity contribution in [2.24, 2.45) is 0 Å². The van der Waals surface area contributed by atoms with Crippen LogP contribution in [0.25, 0.3) is 0 Å². The van der Waals surface area contributed by atoms with Gasteiger partial charge in [-0.25, -0.2) is 0 Å². The summed E-state index contributed by atoms with van der Waals surface area (Å²) in [6, 6.07) is 15.1. The maximum Gasteiger partial charge on any atom is 0.303 e. The summed E-state index contributed by atoms with van der Waals surface area (Å²) in [6.07, 6.45) is 6.65. The molecule has 1 aliphatic carbocycles. The molecule has 2 aromatic rings. The molecular weight excluding hydrogens is 412 g/mol. The standard InChI is InChI=1S/C28H36N2O3/c1-4-5-6-20-7-9-21(10-8-20)28-29-19(2)26(30(28)3)15-16-33-24-13-14-25-22(17-24)11-12-23(25)18-27(31)32/h7-10,13-14,17,23,28-29H,4-6,11-12,15-16,18H2,1-3H3,(H,31,32)/t23-,28?/m0/s1. The average molecular weight is 449 g/mol. The SMILES string of the molecule is CCCCc1ccc(C2NC(C)=C(CCOc3ccc4c(c3)CC[C@H]4CC(=O)O)N2C)cc1. The number of carboxylic acid groups (broad SMARTS) is 1. The molecule has 33 heavy (non-hydrogen) atoms. The number of unbranched alkanes of at least 4 members (excludes halogenated alkanes) is 1. The van der Waals surface area contributed by atoms with Gasteiger partial charge in [-0.3, -0.25) is 4.79 Å². The summed E-state index contributed by atoms with van der Waals surface area (Å²) in [5, 5.41) is 12.8. The Hall–Kier alpha value is -2.95. The number of aliphatic carboxylic acids is 1. The van der Waals surface area contributed by atoms with Crippen molar-refractivity contribution in [1.29, 1.82) is 0 Å². The average Bonchev–Trinajstić information content (AvgIpc) is 3.32. The predicted octanol–water partition coefficient (Wildman–Crippen LogP) is 5.77. The van der Waals surface area contributed by atoms with E-state index in [-0.39, 0.29) is 18.5 Å². The Morgan fingerprint density at radius 1 is 1.18 bits per heavy atom. The second kappa shape index (κ2) is 10.3. The first kappa shape index (κ1) is 23.2. The number of ether oxygens (including phenoxy) is 1. The lowest BCUT2D eigenvalue weighted by Gasteiger charge is -2.25. The third-order valence-electron chi connectivity index (χ3n) is 7.06. The molecule has 2 aromatic carbocycles. The van der Waals surface area contributed by atoms with Crippen molar-refractivity contribution < 1.29 is 14.6 Å². The van der Waals surface area contributed by atoms with Gasteiger partial charge in [0, 0.05) is 24.9 Å². The molecule has 4 rings (SSSR count). The largest absolute Gasteiger partial charge is 0.493 e. The molecule has 1 heterocycles. The first-order chi connectivity index (χ1) is 16.0. The number of nitrogens with one attached hydrogen (secondary N) is 1. The van der Waals surface area contributed by atoms with Gasteiger partial charge >= 0.3 is 5.97 Å². The van der Waals surface area contributed by atoms with Crippen molar-refractivity contribution in [3.63, 3.8) is 0 Å². The molecule has 176 valence electrons. The third kappa shape index (κ3) is 5.35. The molecule has 2 N–H and O–H groups in total. The molecule has 0 saturated heterocycles. The molecule has 0 radical (unpaired) electrons. The predicted molar refractivity (Wildman–Crippen MR) is 131 cm³/mol. The van der Waals surface area contributed by atoms with E-state index in [2.05, 4.69) is 67.5 Å². The Kier molecular flexibility index (Phi) is 7.26. The molecule has 5 heteroatoms. The second-order valence-electron chi connectivity index (χ2n) is 9.37. The monoisotopic (exact) mass is 448 g/mol. The zero-order chi connectivity index (χ0) is 23.4. The van der Waals surface area contributed by atoms with Crippen LogP contribution >= 0.6 is 0 Å². The van der Waals surface area contributed by atoms with E-state index in [1.165, 1.54) is 46.5 Å². The van der Waals surface area contributed by atoms with Gasteiger partial charge in [0.1, 0.15) is 11.9 Å². The summed E-state index contributed by atoms with van der Waals surface area (Å²) in [4.78, 5) is 13.4. The van der Waals surface area contributed by atoms with Gasteiger partial charge in [0.2, 0.25) is 0 Å².